The van der Waals surface area contributed by atoms with E-state index in [4.69, 9.17) is 0 Å². The zero-order valence-corrected chi connectivity index (χ0v) is 12.2. The van der Waals surface area contributed by atoms with Gasteiger partial charge in [-0.3, -0.25) is 0 Å². The van der Waals surface area contributed by atoms with Gasteiger partial charge in [0.25, 0.3) is 0 Å². The molecule has 0 spiro atoms. The summed E-state index contributed by atoms with van der Waals surface area (Å²) in [6.07, 6.45) is 14.4. The molecule has 1 unspecified atom stereocenters. The van der Waals surface area contributed by atoms with Crippen LogP contribution >= 0.6 is 0 Å². The van der Waals surface area contributed by atoms with Crippen molar-refractivity contribution in [3.8, 4) is 0 Å². The predicted molar refractivity (Wildman–Crippen MR) is 75.8 cm³/mol. The number of rotatable bonds is 5. The quantitative estimate of drug-likeness (QED) is 0.490. The van der Waals surface area contributed by atoms with Gasteiger partial charge in [0.1, 0.15) is 0 Å². The fraction of sp³-hybridized carbons (Fsp3) is 1.00. The van der Waals surface area contributed by atoms with Crippen molar-refractivity contribution in [3.05, 3.63) is 0 Å². The SMILES string of the molecule is CCC(C)C1CCCCC1.CCCCCC. The summed E-state index contributed by atoms with van der Waals surface area (Å²) in [4.78, 5) is 0. The third kappa shape index (κ3) is 8.19. The Bertz CT molecular complexity index is 118. The Hall–Kier alpha value is 0. The average Bonchev–Trinajstić information content (AvgIpc) is 2.37. The lowest BCUT2D eigenvalue weighted by Crippen LogP contribution is -2.14. The van der Waals surface area contributed by atoms with Crippen molar-refractivity contribution in [2.45, 2.75) is 91.9 Å². The molecule has 1 fully saturated rings. The molecule has 0 aromatic heterocycles. The van der Waals surface area contributed by atoms with Crippen LogP contribution in [0.3, 0.4) is 0 Å². The highest BCUT2D eigenvalue weighted by molar-refractivity contribution is 4.69. The van der Waals surface area contributed by atoms with E-state index in [2.05, 4.69) is 27.7 Å². The molecule has 0 bridgehead atoms. The molecule has 0 aromatic rings. The molecule has 0 radical (unpaired) electrons. The van der Waals surface area contributed by atoms with E-state index in [1.165, 1.54) is 64.2 Å². The molecule has 0 aliphatic heterocycles. The molecule has 1 atom stereocenters. The van der Waals surface area contributed by atoms with E-state index in [-0.39, 0.29) is 0 Å². The maximum absolute atomic E-state index is 2.41. The molecule has 1 aliphatic carbocycles. The van der Waals surface area contributed by atoms with Gasteiger partial charge in [-0.2, -0.15) is 0 Å². The van der Waals surface area contributed by atoms with Crippen LogP contribution in [0.1, 0.15) is 91.9 Å². The summed E-state index contributed by atoms with van der Waals surface area (Å²) in [5.41, 5.74) is 0. The molecule has 16 heavy (non-hydrogen) atoms. The Morgan fingerprint density at radius 3 is 1.75 bits per heavy atom. The van der Waals surface area contributed by atoms with E-state index in [1.807, 2.05) is 0 Å². The highest BCUT2D eigenvalue weighted by atomic mass is 14.2. The highest BCUT2D eigenvalue weighted by Gasteiger charge is 2.17. The zero-order valence-electron chi connectivity index (χ0n) is 12.2. The van der Waals surface area contributed by atoms with Gasteiger partial charge in [0, 0.05) is 0 Å². The van der Waals surface area contributed by atoms with E-state index in [0.29, 0.717) is 0 Å². The fourth-order valence-corrected chi connectivity index (χ4v) is 2.54. The van der Waals surface area contributed by atoms with Crippen LogP contribution in [0.15, 0.2) is 0 Å². The lowest BCUT2D eigenvalue weighted by atomic mass is 9.80. The molecule has 1 saturated carbocycles. The summed E-state index contributed by atoms with van der Waals surface area (Å²) < 4.78 is 0. The summed E-state index contributed by atoms with van der Waals surface area (Å²) in [6, 6.07) is 0. The maximum atomic E-state index is 2.41. The second-order valence-corrected chi connectivity index (χ2v) is 5.49. The fourth-order valence-electron chi connectivity index (χ4n) is 2.54. The Kier molecular flexibility index (Phi) is 11.5. The van der Waals surface area contributed by atoms with Crippen LogP contribution in [0.25, 0.3) is 0 Å². The smallest absolute Gasteiger partial charge is 0.0389 e. The molecule has 0 saturated heterocycles. The van der Waals surface area contributed by atoms with Gasteiger partial charge in [-0.05, 0) is 11.8 Å². The molecule has 0 N–H and O–H groups in total. The molecule has 98 valence electrons. The molecule has 1 rings (SSSR count). The van der Waals surface area contributed by atoms with Crippen LogP contribution in [-0.4, -0.2) is 0 Å². The van der Waals surface area contributed by atoms with Crippen LogP contribution in [0.2, 0.25) is 0 Å². The van der Waals surface area contributed by atoms with Gasteiger partial charge in [-0.25, -0.2) is 0 Å². The lowest BCUT2D eigenvalue weighted by molar-refractivity contribution is 0.258. The van der Waals surface area contributed by atoms with Crippen LogP contribution in [0, 0.1) is 11.8 Å². The normalized spacial score (nSPS) is 18.8. The molecule has 0 amide bonds. The van der Waals surface area contributed by atoms with Gasteiger partial charge in [-0.1, -0.05) is 91.9 Å². The van der Waals surface area contributed by atoms with Gasteiger partial charge in [0.2, 0.25) is 0 Å². The van der Waals surface area contributed by atoms with Crippen LogP contribution in [-0.2, 0) is 0 Å². The Morgan fingerprint density at radius 2 is 1.38 bits per heavy atom. The van der Waals surface area contributed by atoms with E-state index in [9.17, 15) is 0 Å². The minimum Gasteiger partial charge on any atom is -0.0654 e. The number of unbranched alkanes of at least 4 members (excludes halogenated alkanes) is 3. The van der Waals surface area contributed by atoms with E-state index in [1.54, 1.807) is 0 Å². The van der Waals surface area contributed by atoms with Crippen LogP contribution < -0.4 is 0 Å². The van der Waals surface area contributed by atoms with Crippen LogP contribution in [0.5, 0.6) is 0 Å². The van der Waals surface area contributed by atoms with Crippen LogP contribution in [0.4, 0.5) is 0 Å². The standard InChI is InChI=1S/C10H20.C6H14/c1-3-9(2)10-7-5-4-6-8-10;1-3-5-6-4-2/h9-10H,3-8H2,1-2H3;3-6H2,1-2H3. The van der Waals surface area contributed by atoms with Crippen molar-refractivity contribution >= 4 is 0 Å². The molecule has 0 nitrogen and oxygen atoms in total. The Labute approximate surface area is 104 Å². The van der Waals surface area contributed by atoms with Crippen molar-refractivity contribution in [1.82, 2.24) is 0 Å². The zero-order chi connectivity index (χ0) is 12.2. The first-order valence-corrected chi connectivity index (χ1v) is 7.76. The van der Waals surface area contributed by atoms with E-state index < -0.39 is 0 Å². The summed E-state index contributed by atoms with van der Waals surface area (Å²) >= 11 is 0. The third-order valence-corrected chi connectivity index (χ3v) is 4.06. The highest BCUT2D eigenvalue weighted by Crippen LogP contribution is 2.30. The van der Waals surface area contributed by atoms with E-state index >= 15 is 0 Å². The van der Waals surface area contributed by atoms with Gasteiger partial charge in [0.15, 0.2) is 0 Å². The monoisotopic (exact) mass is 226 g/mol. The molecular weight excluding hydrogens is 192 g/mol. The lowest BCUT2D eigenvalue weighted by Gasteiger charge is -2.26. The first-order valence-electron chi connectivity index (χ1n) is 7.76. The molecular formula is C16H34. The first-order chi connectivity index (χ1) is 7.76. The molecule has 0 aromatic carbocycles. The van der Waals surface area contributed by atoms with Crippen molar-refractivity contribution < 1.29 is 0 Å². The van der Waals surface area contributed by atoms with Crippen molar-refractivity contribution in [1.29, 1.82) is 0 Å². The van der Waals surface area contributed by atoms with Crippen molar-refractivity contribution in [2.24, 2.45) is 11.8 Å². The van der Waals surface area contributed by atoms with E-state index in [0.717, 1.165) is 11.8 Å². The third-order valence-electron chi connectivity index (χ3n) is 4.06. The number of hydrogen-bond acceptors (Lipinski definition) is 0. The molecule has 0 heterocycles. The Morgan fingerprint density at radius 1 is 0.875 bits per heavy atom. The predicted octanol–water partition coefficient (Wildman–Crippen LogP) is 6.20. The molecule has 1 aliphatic rings. The minimum absolute atomic E-state index is 0.986. The minimum atomic E-state index is 0.986. The Balaban J connectivity index is 0.000000325. The summed E-state index contributed by atoms with van der Waals surface area (Å²) in [7, 11) is 0. The average molecular weight is 226 g/mol. The van der Waals surface area contributed by atoms with Gasteiger partial charge >= 0.3 is 0 Å². The summed E-state index contributed by atoms with van der Waals surface area (Å²) in [5.74, 6) is 2.05. The number of hydrogen-bond donors (Lipinski definition) is 0. The van der Waals surface area contributed by atoms with Crippen molar-refractivity contribution in [3.63, 3.8) is 0 Å². The second-order valence-electron chi connectivity index (χ2n) is 5.49. The topological polar surface area (TPSA) is 0 Å². The largest absolute Gasteiger partial charge is 0.0654 e. The van der Waals surface area contributed by atoms with Crippen molar-refractivity contribution in [2.75, 3.05) is 0 Å². The first kappa shape index (κ1) is 16.0. The summed E-state index contributed by atoms with van der Waals surface area (Å²) in [6.45, 7) is 9.20. The summed E-state index contributed by atoms with van der Waals surface area (Å²) in [5, 5.41) is 0. The van der Waals surface area contributed by atoms with Gasteiger partial charge < -0.3 is 0 Å². The van der Waals surface area contributed by atoms with Gasteiger partial charge in [0.05, 0.1) is 0 Å². The van der Waals surface area contributed by atoms with Gasteiger partial charge in [-0.15, -0.1) is 0 Å². The second kappa shape index (κ2) is 11.5. The molecule has 0 heteroatoms. The maximum Gasteiger partial charge on any atom is -0.0389 e.